The Morgan fingerprint density at radius 2 is 2.05 bits per heavy atom. The molecule has 5 atom stereocenters. The maximum Gasteiger partial charge on any atom is 0.184 e. The molecule has 5 heteroatoms. The topological polar surface area (TPSA) is 46.2 Å². The van der Waals surface area contributed by atoms with E-state index >= 15 is 0 Å². The predicted octanol–water partition coefficient (Wildman–Crippen LogP) is 2.39. The smallest absolute Gasteiger partial charge is 0.184 e. The Hall–Kier alpha value is -1.40. The van der Waals surface area contributed by atoms with Crippen molar-refractivity contribution in [2.24, 2.45) is 0 Å². The Kier molecular flexibility index (Phi) is 4.55. The highest BCUT2D eigenvalue weighted by molar-refractivity contribution is 5.16. The number of hydrogen-bond donors (Lipinski definition) is 0. The van der Waals surface area contributed by atoms with Gasteiger partial charge in [0.1, 0.15) is 18.3 Å². The van der Waals surface area contributed by atoms with Crippen LogP contribution in [-0.2, 0) is 23.7 Å². The van der Waals surface area contributed by atoms with Gasteiger partial charge in [0, 0.05) is 19.1 Å². The van der Waals surface area contributed by atoms with E-state index < -0.39 is 6.29 Å². The first-order chi connectivity index (χ1) is 10.3. The summed E-state index contributed by atoms with van der Waals surface area (Å²) in [4.78, 5) is 0. The molecule has 0 saturated carbocycles. The molecule has 1 aromatic rings. The monoisotopic (exact) mass is 292 g/mol. The van der Waals surface area contributed by atoms with Crippen LogP contribution in [0.4, 0.5) is 0 Å². The van der Waals surface area contributed by atoms with Gasteiger partial charge < -0.3 is 23.7 Å². The molecule has 0 bridgehead atoms. The molecule has 2 aliphatic heterocycles. The van der Waals surface area contributed by atoms with E-state index in [2.05, 4.69) is 6.58 Å². The minimum atomic E-state index is -0.397. The zero-order valence-electron chi connectivity index (χ0n) is 12.0. The quantitative estimate of drug-likeness (QED) is 0.797. The van der Waals surface area contributed by atoms with Gasteiger partial charge in [-0.1, -0.05) is 36.9 Å². The van der Waals surface area contributed by atoms with Crippen molar-refractivity contribution in [3.63, 3.8) is 0 Å². The normalized spacial score (nSPS) is 35.8. The van der Waals surface area contributed by atoms with Gasteiger partial charge in [-0.05, 0) is 0 Å². The molecule has 1 unspecified atom stereocenters. The van der Waals surface area contributed by atoms with E-state index in [1.807, 2.05) is 30.3 Å². The number of rotatable bonds is 4. The van der Waals surface area contributed by atoms with E-state index in [9.17, 15) is 0 Å². The standard InChI is InChI=1S/C16H20O5/c1-3-18-12-9-14(17-2)20-13-10-19-16(21-15(12)13)11-7-5-4-6-8-11/h3-8,12-16H,1,9-10H2,2H3/t12-,13-,14+,15+,16?/m1/s1. The van der Waals surface area contributed by atoms with Crippen LogP contribution >= 0.6 is 0 Å². The summed E-state index contributed by atoms with van der Waals surface area (Å²) in [5.74, 6) is 0. The lowest BCUT2D eigenvalue weighted by molar-refractivity contribution is -0.334. The van der Waals surface area contributed by atoms with E-state index in [-0.39, 0.29) is 24.6 Å². The minimum Gasteiger partial charge on any atom is -0.496 e. The van der Waals surface area contributed by atoms with E-state index in [0.29, 0.717) is 13.0 Å². The van der Waals surface area contributed by atoms with Crippen LogP contribution in [0.5, 0.6) is 0 Å². The van der Waals surface area contributed by atoms with Gasteiger partial charge in [-0.25, -0.2) is 0 Å². The SMILES string of the molecule is C=CO[C@@H]1C[C@@H](OC)O[C@@H]2COC(c3ccccc3)O[C@@H]12. The minimum absolute atomic E-state index is 0.152. The van der Waals surface area contributed by atoms with Crippen molar-refractivity contribution in [1.82, 2.24) is 0 Å². The first-order valence-electron chi connectivity index (χ1n) is 7.08. The fourth-order valence-corrected chi connectivity index (χ4v) is 2.76. The second-order valence-corrected chi connectivity index (χ2v) is 5.09. The highest BCUT2D eigenvalue weighted by Gasteiger charge is 2.45. The Morgan fingerprint density at radius 3 is 2.76 bits per heavy atom. The molecule has 2 fully saturated rings. The largest absolute Gasteiger partial charge is 0.496 e. The zero-order chi connectivity index (χ0) is 14.7. The van der Waals surface area contributed by atoms with Gasteiger partial charge in [-0.3, -0.25) is 0 Å². The average molecular weight is 292 g/mol. The molecule has 0 spiro atoms. The van der Waals surface area contributed by atoms with Crippen LogP contribution in [-0.4, -0.2) is 38.3 Å². The highest BCUT2D eigenvalue weighted by atomic mass is 16.7. The Labute approximate surface area is 124 Å². The average Bonchev–Trinajstić information content (AvgIpc) is 2.55. The lowest BCUT2D eigenvalue weighted by atomic mass is 10.00. The molecule has 3 rings (SSSR count). The van der Waals surface area contributed by atoms with Gasteiger partial charge >= 0.3 is 0 Å². The van der Waals surface area contributed by atoms with E-state index in [1.54, 1.807) is 7.11 Å². The highest BCUT2D eigenvalue weighted by Crippen LogP contribution is 2.35. The Balaban J connectivity index is 1.74. The van der Waals surface area contributed by atoms with Crippen molar-refractivity contribution in [2.75, 3.05) is 13.7 Å². The summed E-state index contributed by atoms with van der Waals surface area (Å²) < 4.78 is 28.5. The van der Waals surface area contributed by atoms with E-state index in [4.69, 9.17) is 23.7 Å². The van der Waals surface area contributed by atoms with Crippen LogP contribution in [0, 0.1) is 0 Å². The molecule has 2 heterocycles. The second kappa shape index (κ2) is 6.58. The first-order valence-corrected chi connectivity index (χ1v) is 7.08. The lowest BCUT2D eigenvalue weighted by Gasteiger charge is -2.44. The van der Waals surface area contributed by atoms with Gasteiger partial charge in [0.05, 0.1) is 12.9 Å². The summed E-state index contributed by atoms with van der Waals surface area (Å²) in [5.41, 5.74) is 0.988. The summed E-state index contributed by atoms with van der Waals surface area (Å²) in [6.45, 7) is 4.08. The fraction of sp³-hybridized carbons (Fsp3) is 0.500. The maximum atomic E-state index is 6.06. The molecule has 114 valence electrons. The van der Waals surface area contributed by atoms with Crippen LogP contribution in [0.1, 0.15) is 18.3 Å². The molecule has 2 saturated heterocycles. The van der Waals surface area contributed by atoms with Crippen molar-refractivity contribution < 1.29 is 23.7 Å². The van der Waals surface area contributed by atoms with Crippen LogP contribution in [0.15, 0.2) is 43.2 Å². The summed E-state index contributed by atoms with van der Waals surface area (Å²) in [6, 6.07) is 9.85. The number of ether oxygens (including phenoxy) is 5. The van der Waals surface area contributed by atoms with Gasteiger partial charge in [0.2, 0.25) is 0 Å². The van der Waals surface area contributed by atoms with E-state index in [0.717, 1.165) is 5.56 Å². The van der Waals surface area contributed by atoms with Crippen molar-refractivity contribution in [2.45, 2.75) is 37.3 Å². The van der Waals surface area contributed by atoms with Crippen molar-refractivity contribution in [3.8, 4) is 0 Å². The molecule has 5 nitrogen and oxygen atoms in total. The summed E-state index contributed by atoms with van der Waals surface area (Å²) >= 11 is 0. The van der Waals surface area contributed by atoms with Gasteiger partial charge in [0.15, 0.2) is 12.6 Å². The molecule has 0 N–H and O–H groups in total. The molecule has 0 aliphatic carbocycles. The van der Waals surface area contributed by atoms with E-state index in [1.165, 1.54) is 6.26 Å². The summed E-state index contributed by atoms with van der Waals surface area (Å²) in [6.07, 6.45) is 0.785. The second-order valence-electron chi connectivity index (χ2n) is 5.09. The maximum absolute atomic E-state index is 6.06. The molecule has 21 heavy (non-hydrogen) atoms. The molecular formula is C16H20O5. The van der Waals surface area contributed by atoms with Gasteiger partial charge in [-0.15, -0.1) is 0 Å². The molecule has 0 radical (unpaired) electrons. The third-order valence-corrected chi connectivity index (χ3v) is 3.78. The van der Waals surface area contributed by atoms with Crippen LogP contribution in [0.3, 0.4) is 0 Å². The van der Waals surface area contributed by atoms with Crippen molar-refractivity contribution >= 4 is 0 Å². The number of fused-ring (bicyclic) bond motifs is 1. The van der Waals surface area contributed by atoms with Crippen LogP contribution < -0.4 is 0 Å². The van der Waals surface area contributed by atoms with Gasteiger partial charge in [-0.2, -0.15) is 0 Å². The molecule has 2 aliphatic rings. The fourth-order valence-electron chi connectivity index (χ4n) is 2.76. The Bertz CT molecular complexity index is 463. The van der Waals surface area contributed by atoms with Crippen molar-refractivity contribution in [1.29, 1.82) is 0 Å². The molecule has 0 amide bonds. The summed E-state index contributed by atoms with van der Waals surface area (Å²) in [7, 11) is 1.62. The number of hydrogen-bond acceptors (Lipinski definition) is 5. The van der Waals surface area contributed by atoms with Crippen LogP contribution in [0.25, 0.3) is 0 Å². The first kappa shape index (κ1) is 14.5. The number of benzene rings is 1. The lowest BCUT2D eigenvalue weighted by Crippen LogP contribution is -2.55. The third-order valence-electron chi connectivity index (χ3n) is 3.78. The van der Waals surface area contributed by atoms with Gasteiger partial charge in [0.25, 0.3) is 0 Å². The Morgan fingerprint density at radius 1 is 1.24 bits per heavy atom. The zero-order valence-corrected chi connectivity index (χ0v) is 12.0. The number of methoxy groups -OCH3 is 1. The predicted molar refractivity (Wildman–Crippen MR) is 75.4 cm³/mol. The summed E-state index contributed by atoms with van der Waals surface area (Å²) in [5, 5.41) is 0. The molecule has 1 aromatic carbocycles. The van der Waals surface area contributed by atoms with Crippen LogP contribution in [0.2, 0.25) is 0 Å². The third kappa shape index (κ3) is 3.11. The molecular weight excluding hydrogens is 272 g/mol. The van der Waals surface area contributed by atoms with Crippen molar-refractivity contribution in [3.05, 3.63) is 48.7 Å². The molecule has 0 aromatic heterocycles.